The second-order valence-corrected chi connectivity index (χ2v) is 8.38. The number of nitrogens with zero attached hydrogens (tertiary/aromatic N) is 4. The molecule has 0 aromatic carbocycles. The fraction of sp³-hybridized carbons (Fsp3) is 0.583. The standard InChI is InChI=1S/C12H16N4O4S2/c1-7-9(11(17)18)21-12-13-10(14-16(7)12)8-3-5-15(6-4-8)22(2,19)20/h8H,3-6H2,1-2H3,(H,17,18). The van der Waals surface area contributed by atoms with Crippen LogP contribution < -0.4 is 0 Å². The lowest BCUT2D eigenvalue weighted by atomic mass is 9.98. The maximum atomic E-state index is 11.5. The summed E-state index contributed by atoms with van der Waals surface area (Å²) in [6.45, 7) is 2.64. The third kappa shape index (κ3) is 2.61. The van der Waals surface area contributed by atoms with Crippen molar-refractivity contribution in [3.8, 4) is 0 Å². The van der Waals surface area contributed by atoms with Crippen molar-refractivity contribution in [2.24, 2.45) is 0 Å². The second kappa shape index (κ2) is 5.28. The molecule has 2 aromatic heterocycles. The first-order valence-corrected chi connectivity index (χ1v) is 9.48. The molecule has 3 rings (SSSR count). The van der Waals surface area contributed by atoms with Gasteiger partial charge in [-0.1, -0.05) is 11.3 Å². The molecule has 0 bridgehead atoms. The smallest absolute Gasteiger partial charge is 0.347 e. The van der Waals surface area contributed by atoms with Crippen molar-refractivity contribution in [2.75, 3.05) is 19.3 Å². The molecule has 10 heteroatoms. The highest BCUT2D eigenvalue weighted by atomic mass is 32.2. The molecule has 1 fully saturated rings. The number of piperidine rings is 1. The van der Waals surface area contributed by atoms with E-state index in [1.165, 1.54) is 10.6 Å². The number of aromatic carboxylic acids is 1. The van der Waals surface area contributed by atoms with E-state index in [-0.39, 0.29) is 10.8 Å². The van der Waals surface area contributed by atoms with E-state index in [0.717, 1.165) is 11.3 Å². The average Bonchev–Trinajstić information content (AvgIpc) is 2.98. The Balaban J connectivity index is 1.82. The molecule has 3 heterocycles. The van der Waals surface area contributed by atoms with Crippen molar-refractivity contribution in [1.82, 2.24) is 18.9 Å². The molecule has 0 aliphatic carbocycles. The van der Waals surface area contributed by atoms with Crippen LogP contribution in [0.15, 0.2) is 0 Å². The lowest BCUT2D eigenvalue weighted by Crippen LogP contribution is -2.37. The fourth-order valence-electron chi connectivity index (χ4n) is 2.68. The lowest BCUT2D eigenvalue weighted by Gasteiger charge is -2.28. The summed E-state index contributed by atoms with van der Waals surface area (Å²) in [5.74, 6) is -0.199. The molecular formula is C12H16N4O4S2. The van der Waals surface area contributed by atoms with Gasteiger partial charge in [-0.2, -0.15) is 5.10 Å². The van der Waals surface area contributed by atoms with Crippen LogP contribution in [-0.2, 0) is 10.0 Å². The lowest BCUT2D eigenvalue weighted by molar-refractivity contribution is 0.0701. The Morgan fingerprint density at radius 1 is 1.36 bits per heavy atom. The summed E-state index contributed by atoms with van der Waals surface area (Å²) in [5.41, 5.74) is 0.569. The second-order valence-electron chi connectivity index (χ2n) is 5.42. The largest absolute Gasteiger partial charge is 0.477 e. The Kier molecular flexibility index (Phi) is 3.69. The summed E-state index contributed by atoms with van der Waals surface area (Å²) < 4.78 is 26.1. The van der Waals surface area contributed by atoms with E-state index in [1.807, 2.05) is 0 Å². The van der Waals surface area contributed by atoms with Gasteiger partial charge in [-0.05, 0) is 19.8 Å². The summed E-state index contributed by atoms with van der Waals surface area (Å²) in [6, 6.07) is 0. The molecule has 0 radical (unpaired) electrons. The average molecular weight is 344 g/mol. The SMILES string of the molecule is Cc1c(C(=O)O)sc2nc(C3CCN(S(C)(=O)=O)CC3)nn12. The van der Waals surface area contributed by atoms with E-state index in [0.29, 0.717) is 42.4 Å². The Labute approximate surface area is 131 Å². The van der Waals surface area contributed by atoms with E-state index in [1.54, 1.807) is 11.4 Å². The maximum Gasteiger partial charge on any atom is 0.347 e. The first-order valence-electron chi connectivity index (χ1n) is 6.82. The van der Waals surface area contributed by atoms with Crippen molar-refractivity contribution in [3.63, 3.8) is 0 Å². The first-order chi connectivity index (χ1) is 10.3. The van der Waals surface area contributed by atoms with Gasteiger partial charge in [0.1, 0.15) is 4.88 Å². The Bertz CT molecular complexity index is 831. The normalized spacial score (nSPS) is 18.1. The number of thiazole rings is 1. The van der Waals surface area contributed by atoms with Crippen LogP contribution in [0.4, 0.5) is 0 Å². The van der Waals surface area contributed by atoms with Crippen molar-refractivity contribution in [2.45, 2.75) is 25.7 Å². The predicted octanol–water partition coefficient (Wildman–Crippen LogP) is 0.936. The van der Waals surface area contributed by atoms with Gasteiger partial charge in [-0.25, -0.2) is 27.0 Å². The van der Waals surface area contributed by atoms with Gasteiger partial charge >= 0.3 is 5.97 Å². The number of hydrogen-bond donors (Lipinski definition) is 1. The van der Waals surface area contributed by atoms with Gasteiger partial charge < -0.3 is 5.11 Å². The minimum Gasteiger partial charge on any atom is -0.477 e. The third-order valence-corrected chi connectivity index (χ3v) is 6.34. The summed E-state index contributed by atoms with van der Waals surface area (Å²) >= 11 is 1.11. The topological polar surface area (TPSA) is 105 Å². The van der Waals surface area contributed by atoms with Gasteiger partial charge in [-0.3, -0.25) is 0 Å². The molecule has 8 nitrogen and oxygen atoms in total. The predicted molar refractivity (Wildman–Crippen MR) is 81.0 cm³/mol. The molecule has 22 heavy (non-hydrogen) atoms. The zero-order chi connectivity index (χ0) is 16.1. The van der Waals surface area contributed by atoms with E-state index in [9.17, 15) is 13.2 Å². The minimum absolute atomic E-state index is 0.109. The number of aromatic nitrogens is 3. The van der Waals surface area contributed by atoms with Crippen LogP contribution >= 0.6 is 11.3 Å². The molecule has 0 unspecified atom stereocenters. The van der Waals surface area contributed by atoms with Crippen LogP contribution in [0.5, 0.6) is 0 Å². The van der Waals surface area contributed by atoms with E-state index in [4.69, 9.17) is 5.11 Å². The van der Waals surface area contributed by atoms with Crippen LogP contribution in [0, 0.1) is 6.92 Å². The number of hydrogen-bond acceptors (Lipinski definition) is 6. The van der Waals surface area contributed by atoms with Crippen LogP contribution in [0.1, 0.15) is 39.9 Å². The van der Waals surface area contributed by atoms with Gasteiger partial charge in [0.25, 0.3) is 0 Å². The van der Waals surface area contributed by atoms with E-state index < -0.39 is 16.0 Å². The van der Waals surface area contributed by atoms with Crippen molar-refractivity contribution >= 4 is 32.3 Å². The Hall–Kier alpha value is -1.52. The van der Waals surface area contributed by atoms with Crippen LogP contribution in [0.2, 0.25) is 0 Å². The van der Waals surface area contributed by atoms with Crippen LogP contribution in [0.3, 0.4) is 0 Å². The molecule has 120 valence electrons. The third-order valence-electron chi connectivity index (χ3n) is 3.92. The number of fused-ring (bicyclic) bond motifs is 1. The van der Waals surface area contributed by atoms with Crippen molar-refractivity contribution < 1.29 is 18.3 Å². The summed E-state index contributed by atoms with van der Waals surface area (Å²) in [6.07, 6.45) is 2.57. The summed E-state index contributed by atoms with van der Waals surface area (Å²) in [5, 5.41) is 13.5. The number of carboxylic acids is 1. The highest BCUT2D eigenvalue weighted by Gasteiger charge is 2.29. The Morgan fingerprint density at radius 2 is 2.00 bits per heavy atom. The van der Waals surface area contributed by atoms with Crippen molar-refractivity contribution in [3.05, 3.63) is 16.4 Å². The number of sulfonamides is 1. The zero-order valence-electron chi connectivity index (χ0n) is 12.2. The quantitative estimate of drug-likeness (QED) is 0.888. The Morgan fingerprint density at radius 3 is 2.50 bits per heavy atom. The zero-order valence-corrected chi connectivity index (χ0v) is 13.8. The molecule has 1 aliphatic heterocycles. The van der Waals surface area contributed by atoms with Crippen molar-refractivity contribution in [1.29, 1.82) is 0 Å². The maximum absolute atomic E-state index is 11.5. The van der Waals surface area contributed by atoms with Gasteiger partial charge in [-0.15, -0.1) is 0 Å². The fourth-order valence-corrected chi connectivity index (χ4v) is 4.46. The molecule has 0 amide bonds. The van der Waals surface area contributed by atoms with Gasteiger partial charge in [0.05, 0.1) is 11.9 Å². The highest BCUT2D eigenvalue weighted by molar-refractivity contribution is 7.88. The number of carbonyl (C=O) groups is 1. The van der Waals surface area contributed by atoms with E-state index >= 15 is 0 Å². The minimum atomic E-state index is -3.14. The first kappa shape index (κ1) is 15.4. The monoisotopic (exact) mass is 344 g/mol. The van der Waals surface area contributed by atoms with E-state index in [2.05, 4.69) is 10.1 Å². The molecule has 1 saturated heterocycles. The van der Waals surface area contributed by atoms with Crippen LogP contribution in [0.25, 0.3) is 4.96 Å². The number of aryl methyl sites for hydroxylation is 1. The molecule has 1 N–H and O–H groups in total. The highest BCUT2D eigenvalue weighted by Crippen LogP contribution is 2.29. The molecule has 0 spiro atoms. The molecule has 1 aliphatic rings. The summed E-state index contributed by atoms with van der Waals surface area (Å²) in [4.78, 5) is 16.3. The van der Waals surface area contributed by atoms with Gasteiger partial charge in [0.2, 0.25) is 15.0 Å². The molecular weight excluding hydrogens is 328 g/mol. The number of rotatable bonds is 3. The molecule has 0 atom stereocenters. The molecule has 2 aromatic rings. The number of carboxylic acid groups (broad SMARTS) is 1. The van der Waals surface area contributed by atoms with Gasteiger partial charge in [0, 0.05) is 19.0 Å². The summed E-state index contributed by atoms with van der Waals surface area (Å²) in [7, 11) is -3.14. The van der Waals surface area contributed by atoms with Crippen LogP contribution in [-0.4, -0.2) is 57.7 Å². The van der Waals surface area contributed by atoms with Gasteiger partial charge in [0.15, 0.2) is 5.82 Å². The molecule has 0 saturated carbocycles.